The lowest BCUT2D eigenvalue weighted by Crippen LogP contribution is -2.46. The van der Waals surface area contributed by atoms with Crippen LogP contribution < -0.4 is 10.6 Å². The van der Waals surface area contributed by atoms with Gasteiger partial charge in [0.05, 0.1) is 5.56 Å². The first-order valence-corrected chi connectivity index (χ1v) is 9.23. The number of rotatable bonds is 6. The van der Waals surface area contributed by atoms with Crippen LogP contribution in [0.5, 0.6) is 0 Å². The molecule has 1 aliphatic heterocycles. The van der Waals surface area contributed by atoms with E-state index in [1.165, 1.54) is 6.92 Å². The van der Waals surface area contributed by atoms with E-state index in [-0.39, 0.29) is 11.6 Å². The molecule has 1 aromatic carbocycles. The molecule has 1 aliphatic carbocycles. The number of imide groups is 1. The van der Waals surface area contributed by atoms with E-state index in [4.69, 9.17) is 4.74 Å². The molecule has 1 heterocycles. The van der Waals surface area contributed by atoms with Gasteiger partial charge in [-0.15, -0.1) is 0 Å². The third kappa shape index (κ3) is 4.39. The highest BCUT2D eigenvalue weighted by molar-refractivity contribution is 6.09. The number of hydrogen-bond donors (Lipinski definition) is 2. The number of ether oxygens (including phenoxy) is 1. The van der Waals surface area contributed by atoms with Crippen LogP contribution in [-0.4, -0.2) is 46.9 Å². The summed E-state index contributed by atoms with van der Waals surface area (Å²) in [6, 6.07) is 3.05. The van der Waals surface area contributed by atoms with Gasteiger partial charge in [-0.1, -0.05) is 0 Å². The zero-order valence-corrected chi connectivity index (χ0v) is 16.2. The highest BCUT2D eigenvalue weighted by Gasteiger charge is 2.56. The average Bonchev–Trinajstić information content (AvgIpc) is 3.47. The zero-order chi connectivity index (χ0) is 22.3. The van der Waals surface area contributed by atoms with Crippen molar-refractivity contribution in [1.82, 2.24) is 10.2 Å². The van der Waals surface area contributed by atoms with E-state index < -0.39 is 53.7 Å². The van der Waals surface area contributed by atoms with Crippen LogP contribution in [0.2, 0.25) is 0 Å². The van der Waals surface area contributed by atoms with Gasteiger partial charge in [-0.3, -0.25) is 19.3 Å². The van der Waals surface area contributed by atoms with Crippen molar-refractivity contribution in [3.63, 3.8) is 0 Å². The van der Waals surface area contributed by atoms with E-state index in [1.807, 2.05) is 0 Å². The van der Waals surface area contributed by atoms with Gasteiger partial charge < -0.3 is 15.4 Å². The number of urea groups is 1. The van der Waals surface area contributed by atoms with Crippen LogP contribution >= 0.6 is 0 Å². The number of nitrogens with zero attached hydrogens (tertiary/aromatic N) is 1. The van der Waals surface area contributed by atoms with Crippen LogP contribution in [0.15, 0.2) is 24.3 Å². The number of hydrogen-bond acceptors (Lipinski definition) is 5. The molecular weight excluding hydrogens is 407 g/mol. The van der Waals surface area contributed by atoms with Crippen molar-refractivity contribution < 1.29 is 37.1 Å². The maximum Gasteiger partial charge on any atom is 0.416 e. The fourth-order valence-electron chi connectivity index (χ4n) is 3.20. The summed E-state index contributed by atoms with van der Waals surface area (Å²) in [7, 11) is 0. The molecule has 0 aromatic heterocycles. The Morgan fingerprint density at radius 3 is 2.40 bits per heavy atom. The Kier molecular flexibility index (Phi) is 5.48. The lowest BCUT2D eigenvalue weighted by molar-refractivity contribution is -0.155. The fraction of sp³-hybridized carbons (Fsp3) is 0.474. The van der Waals surface area contributed by atoms with Gasteiger partial charge in [0.2, 0.25) is 0 Å². The summed E-state index contributed by atoms with van der Waals surface area (Å²) in [4.78, 5) is 49.5. The van der Waals surface area contributed by atoms with Crippen LogP contribution in [0.25, 0.3) is 0 Å². The second kappa shape index (κ2) is 7.62. The maximum atomic E-state index is 12.6. The minimum Gasteiger partial charge on any atom is -0.451 e. The van der Waals surface area contributed by atoms with Gasteiger partial charge in [-0.25, -0.2) is 4.79 Å². The van der Waals surface area contributed by atoms with Crippen molar-refractivity contribution in [3.8, 4) is 0 Å². The van der Waals surface area contributed by atoms with Crippen molar-refractivity contribution in [3.05, 3.63) is 29.8 Å². The highest BCUT2D eigenvalue weighted by Crippen LogP contribution is 2.42. The smallest absolute Gasteiger partial charge is 0.416 e. The summed E-state index contributed by atoms with van der Waals surface area (Å²) in [5.74, 6) is -2.23. The number of anilines is 1. The fourth-order valence-corrected chi connectivity index (χ4v) is 3.20. The van der Waals surface area contributed by atoms with Crippen molar-refractivity contribution >= 4 is 29.5 Å². The second-order valence-corrected chi connectivity index (χ2v) is 7.49. The Balaban J connectivity index is 1.53. The van der Waals surface area contributed by atoms with Crippen molar-refractivity contribution in [2.45, 2.75) is 44.5 Å². The second-order valence-electron chi connectivity index (χ2n) is 7.49. The van der Waals surface area contributed by atoms with Gasteiger partial charge in [-0.2, -0.15) is 13.2 Å². The zero-order valence-electron chi connectivity index (χ0n) is 16.2. The van der Waals surface area contributed by atoms with Crippen LogP contribution in [0.4, 0.5) is 23.7 Å². The molecule has 1 saturated heterocycles. The SMILES string of the molecule is CC(OC(=O)CN1C(=O)NC(C)(C2CC2)C1=O)C(=O)Nc1ccc(C(F)(F)F)cc1. The van der Waals surface area contributed by atoms with E-state index in [1.54, 1.807) is 6.92 Å². The van der Waals surface area contributed by atoms with Gasteiger partial charge in [0.15, 0.2) is 6.10 Å². The molecule has 30 heavy (non-hydrogen) atoms. The molecule has 11 heteroatoms. The predicted molar refractivity (Wildman–Crippen MR) is 97.0 cm³/mol. The summed E-state index contributed by atoms with van der Waals surface area (Å²) in [6.07, 6.45) is -4.18. The molecule has 0 spiro atoms. The Morgan fingerprint density at radius 1 is 1.27 bits per heavy atom. The van der Waals surface area contributed by atoms with Crippen molar-refractivity contribution in [2.24, 2.45) is 5.92 Å². The first-order valence-electron chi connectivity index (χ1n) is 9.23. The standard InChI is InChI=1S/C19H20F3N3O5/c1-10(15(27)23-13-7-5-12(6-8-13)19(20,21)22)30-14(26)9-25-16(28)18(2,11-3-4-11)24-17(25)29/h5-8,10-11H,3-4,9H2,1-2H3,(H,23,27)(H,24,29). The topological polar surface area (TPSA) is 105 Å². The van der Waals surface area contributed by atoms with Crippen LogP contribution in [0, 0.1) is 5.92 Å². The first-order chi connectivity index (χ1) is 13.9. The molecule has 2 N–H and O–H groups in total. The third-order valence-corrected chi connectivity index (χ3v) is 5.14. The largest absolute Gasteiger partial charge is 0.451 e. The maximum absolute atomic E-state index is 12.6. The summed E-state index contributed by atoms with van der Waals surface area (Å²) >= 11 is 0. The van der Waals surface area contributed by atoms with E-state index in [2.05, 4.69) is 10.6 Å². The molecule has 4 amide bonds. The van der Waals surface area contributed by atoms with E-state index in [0.717, 1.165) is 42.0 Å². The summed E-state index contributed by atoms with van der Waals surface area (Å²) in [5, 5.41) is 4.92. The molecule has 8 nitrogen and oxygen atoms in total. The molecule has 162 valence electrons. The molecule has 2 fully saturated rings. The Morgan fingerprint density at radius 2 is 1.87 bits per heavy atom. The number of benzene rings is 1. The minimum atomic E-state index is -4.50. The van der Waals surface area contributed by atoms with E-state index in [0.29, 0.717) is 0 Å². The number of carbonyl (C=O) groups excluding carboxylic acids is 4. The monoisotopic (exact) mass is 427 g/mol. The number of alkyl halides is 3. The van der Waals surface area contributed by atoms with Crippen molar-refractivity contribution in [1.29, 1.82) is 0 Å². The Labute approximate surface area is 169 Å². The van der Waals surface area contributed by atoms with E-state index in [9.17, 15) is 32.3 Å². The predicted octanol–water partition coefficient (Wildman–Crippen LogP) is 2.30. The number of esters is 1. The lowest BCUT2D eigenvalue weighted by Gasteiger charge is -2.21. The normalized spacial score (nSPS) is 22.5. The molecule has 2 atom stereocenters. The lowest BCUT2D eigenvalue weighted by atomic mass is 9.96. The third-order valence-electron chi connectivity index (χ3n) is 5.14. The number of nitrogens with one attached hydrogen (secondary N) is 2. The molecule has 2 unspecified atom stereocenters. The summed E-state index contributed by atoms with van der Waals surface area (Å²) < 4.78 is 42.7. The molecular formula is C19H20F3N3O5. The van der Waals surface area contributed by atoms with Gasteiger partial charge in [0.25, 0.3) is 11.8 Å². The molecule has 1 aromatic rings. The van der Waals surface area contributed by atoms with Crippen molar-refractivity contribution in [2.75, 3.05) is 11.9 Å². The van der Waals surface area contributed by atoms with Gasteiger partial charge in [0.1, 0.15) is 12.1 Å². The quantitative estimate of drug-likeness (QED) is 0.536. The first kappa shape index (κ1) is 21.6. The minimum absolute atomic E-state index is 0.0309. The number of carbonyl (C=O) groups is 4. The summed E-state index contributed by atoms with van der Waals surface area (Å²) in [6.45, 7) is 2.22. The molecule has 1 saturated carbocycles. The van der Waals surface area contributed by atoms with Crippen LogP contribution in [0.1, 0.15) is 32.3 Å². The average molecular weight is 427 g/mol. The number of halogens is 3. The molecule has 0 radical (unpaired) electrons. The van der Waals surface area contributed by atoms with Gasteiger partial charge >= 0.3 is 18.2 Å². The summed E-state index contributed by atoms with van der Waals surface area (Å²) in [5.41, 5.74) is -1.82. The van der Waals surface area contributed by atoms with E-state index >= 15 is 0 Å². The number of amides is 4. The van der Waals surface area contributed by atoms with Crippen LogP contribution in [-0.2, 0) is 25.3 Å². The Hall–Kier alpha value is -3.11. The van der Waals surface area contributed by atoms with Crippen LogP contribution in [0.3, 0.4) is 0 Å². The Bertz CT molecular complexity index is 882. The van der Waals surface area contributed by atoms with Gasteiger partial charge in [-0.05, 0) is 56.9 Å². The highest BCUT2D eigenvalue weighted by atomic mass is 19.4. The molecule has 2 aliphatic rings. The molecule has 0 bridgehead atoms. The molecule has 3 rings (SSSR count). The van der Waals surface area contributed by atoms with Gasteiger partial charge in [0, 0.05) is 5.69 Å².